The van der Waals surface area contributed by atoms with Gasteiger partial charge in [-0.3, -0.25) is 9.36 Å². The largest absolute Gasteiger partial charge is 0.494 e. The van der Waals surface area contributed by atoms with E-state index in [9.17, 15) is 18.0 Å². The number of likely N-dealkylation sites (tertiary alicyclic amines) is 1. The molecule has 15 heteroatoms. The number of carbonyl (C=O) groups is 2. The molecule has 4 rings (SSSR count). The van der Waals surface area contributed by atoms with Gasteiger partial charge in [0.1, 0.15) is 29.0 Å². The summed E-state index contributed by atoms with van der Waals surface area (Å²) in [6.45, 7) is 11.6. The van der Waals surface area contributed by atoms with Gasteiger partial charge in [0, 0.05) is 27.6 Å². The fourth-order valence-electron chi connectivity index (χ4n) is 5.41. The van der Waals surface area contributed by atoms with Crippen molar-refractivity contribution in [2.45, 2.75) is 77.0 Å². The van der Waals surface area contributed by atoms with E-state index in [4.69, 9.17) is 18.6 Å². The van der Waals surface area contributed by atoms with Crippen LogP contribution >= 0.6 is 0 Å². The Morgan fingerprint density at radius 2 is 1.80 bits per heavy atom. The first-order valence-corrected chi connectivity index (χ1v) is 20.7. The Morgan fingerprint density at radius 1 is 1.13 bits per heavy atom. The summed E-state index contributed by atoms with van der Waals surface area (Å²) in [7, 11) is -3.00. The number of methoxy groups -OCH3 is 2. The number of anilines is 1. The number of ether oxygens (including phenoxy) is 3. The van der Waals surface area contributed by atoms with Crippen LogP contribution in [0.25, 0.3) is 17.3 Å². The van der Waals surface area contributed by atoms with Gasteiger partial charge in [-0.05, 0) is 63.9 Å². The number of furan rings is 1. The minimum atomic E-state index is -4.22. The van der Waals surface area contributed by atoms with Gasteiger partial charge in [0.05, 0.1) is 26.1 Å². The number of piperidine rings is 1. The molecule has 2 atom stereocenters. The minimum Gasteiger partial charge on any atom is -0.494 e. The maximum atomic E-state index is 14.7. The number of hydrogen-bond acceptors (Lipinski definition) is 10. The summed E-state index contributed by atoms with van der Waals surface area (Å²) in [6, 6.07) is 8.52. The van der Waals surface area contributed by atoms with Crippen molar-refractivity contribution in [2.75, 3.05) is 38.2 Å². The molecule has 1 aromatic carbocycles. The second kappa shape index (κ2) is 14.3. The molecule has 0 N–H and O–H groups in total. The van der Waals surface area contributed by atoms with Crippen LogP contribution in [0, 0.1) is 6.92 Å². The normalized spacial score (nSPS) is 16.3. The fraction of sp³-hybridized carbons (Fsp3) is 0.548. The molecule has 1 amide bonds. The van der Waals surface area contributed by atoms with Gasteiger partial charge in [-0.15, -0.1) is 10.2 Å². The number of benzene rings is 1. The van der Waals surface area contributed by atoms with Gasteiger partial charge in [0.2, 0.25) is 27.7 Å². The van der Waals surface area contributed by atoms with E-state index in [1.807, 2.05) is 0 Å². The Kier molecular flexibility index (Phi) is 10.9. The Labute approximate surface area is 271 Å². The molecule has 0 aliphatic carbocycles. The molecule has 1 fully saturated rings. The third kappa shape index (κ3) is 7.41. The average Bonchev–Trinajstić information content (AvgIpc) is 3.63. The van der Waals surface area contributed by atoms with Gasteiger partial charge < -0.3 is 23.5 Å². The molecule has 3 heterocycles. The number of aromatic nitrogens is 3. The summed E-state index contributed by atoms with van der Waals surface area (Å²) >= 11 is 0. The Balaban J connectivity index is 1.89. The second-order valence-electron chi connectivity index (χ2n) is 12.5. The molecule has 0 saturated carbocycles. The fourth-order valence-corrected chi connectivity index (χ4v) is 7.94. The highest BCUT2D eigenvalue weighted by atomic mass is 32.2. The lowest BCUT2D eigenvalue weighted by Gasteiger charge is -2.37. The lowest BCUT2D eigenvalue weighted by atomic mass is 10.0. The van der Waals surface area contributed by atoms with E-state index in [1.54, 1.807) is 55.7 Å². The lowest BCUT2D eigenvalue weighted by Crippen LogP contribution is -2.53. The van der Waals surface area contributed by atoms with Crippen LogP contribution in [0.15, 0.2) is 34.7 Å². The molecule has 46 heavy (non-hydrogen) atoms. The van der Waals surface area contributed by atoms with Crippen LogP contribution in [-0.2, 0) is 24.3 Å². The van der Waals surface area contributed by atoms with Gasteiger partial charge in [-0.1, -0.05) is 25.7 Å². The summed E-state index contributed by atoms with van der Waals surface area (Å²) in [5.41, 5.74) is 0.394. The second-order valence-corrected chi connectivity index (χ2v) is 20.4. The SMILES string of the molecule is CCOC(=O)C1CCCC(=O)N1CC(C)S(=O)(=O)N(CC[Si](C)(C)C)c1nnc(-c2ccc(C)o2)n1-c1c(OC)cccc1OC. The number of rotatable bonds is 14. The summed E-state index contributed by atoms with van der Waals surface area (Å²) < 4.78 is 54.8. The first-order chi connectivity index (χ1) is 21.7. The predicted molar refractivity (Wildman–Crippen MR) is 177 cm³/mol. The number of esters is 1. The van der Waals surface area contributed by atoms with Crippen molar-refractivity contribution in [1.82, 2.24) is 19.7 Å². The maximum Gasteiger partial charge on any atom is 0.328 e. The zero-order valence-corrected chi connectivity index (χ0v) is 29.7. The Morgan fingerprint density at radius 3 is 2.37 bits per heavy atom. The first-order valence-electron chi connectivity index (χ1n) is 15.4. The predicted octanol–water partition coefficient (Wildman–Crippen LogP) is 4.66. The van der Waals surface area contributed by atoms with Crippen LogP contribution in [0.3, 0.4) is 0 Å². The van der Waals surface area contributed by atoms with E-state index >= 15 is 0 Å². The van der Waals surface area contributed by atoms with Gasteiger partial charge in [0.15, 0.2) is 5.76 Å². The van der Waals surface area contributed by atoms with Crippen LogP contribution < -0.4 is 13.8 Å². The molecule has 2 unspecified atom stereocenters. The highest BCUT2D eigenvalue weighted by Gasteiger charge is 2.41. The third-order valence-electron chi connectivity index (χ3n) is 7.91. The van der Waals surface area contributed by atoms with Crippen LogP contribution in [-0.4, -0.2) is 93.2 Å². The van der Waals surface area contributed by atoms with Crippen molar-refractivity contribution >= 4 is 35.9 Å². The highest BCUT2D eigenvalue weighted by Crippen LogP contribution is 2.40. The zero-order chi connectivity index (χ0) is 33.8. The number of sulfonamides is 1. The molecule has 1 aliphatic heterocycles. The quantitative estimate of drug-likeness (QED) is 0.175. The van der Waals surface area contributed by atoms with Crippen LogP contribution in [0.4, 0.5) is 5.95 Å². The summed E-state index contributed by atoms with van der Waals surface area (Å²) in [6.07, 6.45) is 1.17. The van der Waals surface area contributed by atoms with Gasteiger partial charge in [-0.25, -0.2) is 17.5 Å². The smallest absolute Gasteiger partial charge is 0.328 e. The van der Waals surface area contributed by atoms with Crippen molar-refractivity contribution in [2.24, 2.45) is 0 Å². The highest BCUT2D eigenvalue weighted by molar-refractivity contribution is 7.93. The first kappa shape index (κ1) is 35.0. The summed E-state index contributed by atoms with van der Waals surface area (Å²) in [5, 5.41) is 7.79. The standard InChI is InChI=1S/C31H45N5O8SSi/c1-9-43-30(38)23-12-10-15-27(37)34(23)20-22(3)45(39,40)35(18-19-46(6,7)8)31-33-32-29(26-17-16-21(2)44-26)36(31)28-24(41-4)13-11-14-25(28)42-5/h11,13-14,16-17,22-23H,9-10,12,15,18-20H2,1-8H3. The third-order valence-corrected chi connectivity index (χ3v) is 11.8. The van der Waals surface area contributed by atoms with E-state index in [2.05, 4.69) is 29.8 Å². The summed E-state index contributed by atoms with van der Waals surface area (Å²) in [4.78, 5) is 27.2. The Bertz CT molecular complexity index is 1630. The molecule has 0 spiro atoms. The maximum absolute atomic E-state index is 14.7. The average molecular weight is 676 g/mol. The molecule has 13 nitrogen and oxygen atoms in total. The van der Waals surface area contributed by atoms with E-state index in [1.165, 1.54) is 23.4 Å². The Hall–Kier alpha value is -3.85. The number of para-hydroxylation sites is 1. The van der Waals surface area contributed by atoms with Crippen molar-refractivity contribution in [1.29, 1.82) is 0 Å². The molecule has 0 bridgehead atoms. The number of carbonyl (C=O) groups excluding carboxylic acids is 2. The number of nitrogens with zero attached hydrogens (tertiary/aromatic N) is 5. The van der Waals surface area contributed by atoms with E-state index in [-0.39, 0.29) is 43.8 Å². The molecule has 252 valence electrons. The van der Waals surface area contributed by atoms with Crippen molar-refractivity contribution in [3.05, 3.63) is 36.1 Å². The van der Waals surface area contributed by atoms with Crippen molar-refractivity contribution in [3.63, 3.8) is 0 Å². The van der Waals surface area contributed by atoms with Crippen molar-refractivity contribution in [3.8, 4) is 28.8 Å². The topological polar surface area (TPSA) is 146 Å². The molecular formula is C31H45N5O8SSi. The summed E-state index contributed by atoms with van der Waals surface area (Å²) in [5.74, 6) is 1.26. The van der Waals surface area contributed by atoms with Gasteiger partial charge >= 0.3 is 5.97 Å². The van der Waals surface area contributed by atoms with Crippen LogP contribution in [0.1, 0.15) is 38.9 Å². The van der Waals surface area contributed by atoms with E-state index in [0.717, 1.165) is 0 Å². The zero-order valence-electron chi connectivity index (χ0n) is 27.9. The number of aryl methyl sites for hydroxylation is 1. The number of hydrogen-bond donors (Lipinski definition) is 0. The van der Waals surface area contributed by atoms with Crippen molar-refractivity contribution < 1.29 is 36.6 Å². The molecule has 1 saturated heterocycles. The van der Waals surface area contributed by atoms with E-state index in [0.29, 0.717) is 47.6 Å². The molecular weight excluding hydrogens is 631 g/mol. The van der Waals surface area contributed by atoms with Gasteiger partial charge in [0.25, 0.3) is 0 Å². The lowest BCUT2D eigenvalue weighted by molar-refractivity contribution is -0.157. The van der Waals surface area contributed by atoms with Gasteiger partial charge in [-0.2, -0.15) is 0 Å². The monoisotopic (exact) mass is 675 g/mol. The molecule has 1 aliphatic rings. The van der Waals surface area contributed by atoms with E-state index < -0.39 is 35.4 Å². The number of amides is 1. The minimum absolute atomic E-state index is 0.0175. The molecule has 0 radical (unpaired) electrons. The molecule has 2 aromatic heterocycles. The van der Waals surface area contributed by atoms with Crippen LogP contribution in [0.5, 0.6) is 11.5 Å². The van der Waals surface area contributed by atoms with Crippen LogP contribution in [0.2, 0.25) is 25.7 Å². The molecule has 3 aromatic rings.